The molecule has 1 N–H and O–H groups in total. The maximum absolute atomic E-state index is 10.9. The van der Waals surface area contributed by atoms with Crippen molar-refractivity contribution >= 4 is 22.7 Å². The number of rotatable bonds is 3. The summed E-state index contributed by atoms with van der Waals surface area (Å²) < 4.78 is 4.72. The fourth-order valence-electron chi connectivity index (χ4n) is 0.823. The van der Waals surface area contributed by atoms with Gasteiger partial charge in [-0.1, -0.05) is 47.1 Å². The predicted octanol–water partition coefficient (Wildman–Crippen LogP) is 1.76. The third kappa shape index (κ3) is 3.06. The predicted molar refractivity (Wildman–Crippen MR) is 51.3 cm³/mol. The number of carbonyl (C=O) groups excluding carboxylic acids is 1. The van der Waals surface area contributed by atoms with E-state index in [2.05, 4.69) is 5.16 Å². The summed E-state index contributed by atoms with van der Waals surface area (Å²) in [4.78, 5) is 10.9. The lowest BCUT2D eigenvalue weighted by Gasteiger charge is -2.01. The highest BCUT2D eigenvalue weighted by atomic mass is 35.5. The minimum Gasteiger partial charge on any atom is -0.455 e. The van der Waals surface area contributed by atoms with Gasteiger partial charge in [-0.15, -0.1) is 0 Å². The van der Waals surface area contributed by atoms with E-state index in [0.717, 1.165) is 5.56 Å². The Labute approximate surface area is 85.7 Å². The molecule has 0 aliphatic rings. The fraction of sp³-hybridized carbons (Fsp3) is 0.111. The number of nitrogens with zero attached hydrogens (tertiary/aromatic N) is 1. The topological polar surface area (TPSA) is 58.9 Å². The maximum Gasteiger partial charge on any atom is 0.372 e. The third-order valence-corrected chi connectivity index (χ3v) is 1.70. The molecule has 0 aromatic heterocycles. The zero-order valence-electron chi connectivity index (χ0n) is 7.18. The van der Waals surface area contributed by atoms with Crippen LogP contribution in [-0.4, -0.2) is 16.3 Å². The van der Waals surface area contributed by atoms with Gasteiger partial charge in [-0.25, -0.2) is 4.79 Å². The lowest BCUT2D eigenvalue weighted by atomic mass is 10.2. The molecule has 0 spiro atoms. The Bertz CT molecular complexity index is 337. The molecule has 74 valence electrons. The van der Waals surface area contributed by atoms with Crippen molar-refractivity contribution in [2.45, 2.75) is 6.61 Å². The molecule has 0 atom stereocenters. The van der Waals surface area contributed by atoms with E-state index in [-0.39, 0.29) is 6.61 Å². The SMILES string of the molecule is O=C(OCc1ccccc1)C(Cl)=NO. The van der Waals surface area contributed by atoms with Crippen LogP contribution in [0.25, 0.3) is 0 Å². The van der Waals surface area contributed by atoms with Crippen LogP contribution in [0.5, 0.6) is 0 Å². The summed E-state index contributed by atoms with van der Waals surface area (Å²) in [5.74, 6) is -0.849. The number of hydrogen-bond donors (Lipinski definition) is 1. The molecule has 5 heteroatoms. The number of oxime groups is 1. The molecule has 0 heterocycles. The Morgan fingerprint density at radius 1 is 1.43 bits per heavy atom. The lowest BCUT2D eigenvalue weighted by Crippen LogP contribution is -2.11. The molecule has 1 rings (SSSR count). The van der Waals surface area contributed by atoms with Gasteiger partial charge in [0.25, 0.3) is 5.17 Å². The van der Waals surface area contributed by atoms with Crippen LogP contribution in [0, 0.1) is 0 Å². The standard InChI is InChI=1S/C9H8ClNO3/c10-8(11-13)9(12)14-6-7-4-2-1-3-5-7/h1-5,13H,6H2. The monoisotopic (exact) mass is 213 g/mol. The van der Waals surface area contributed by atoms with Gasteiger partial charge in [0.05, 0.1) is 0 Å². The average Bonchev–Trinajstić information content (AvgIpc) is 2.26. The van der Waals surface area contributed by atoms with Crippen molar-refractivity contribution in [1.82, 2.24) is 0 Å². The van der Waals surface area contributed by atoms with Crippen LogP contribution in [-0.2, 0) is 16.1 Å². The molecule has 0 radical (unpaired) electrons. The molecule has 4 nitrogen and oxygen atoms in total. The zero-order valence-corrected chi connectivity index (χ0v) is 7.94. The van der Waals surface area contributed by atoms with Crippen LogP contribution in [0.15, 0.2) is 35.5 Å². The van der Waals surface area contributed by atoms with Gasteiger partial charge in [0.2, 0.25) is 0 Å². The number of halogens is 1. The van der Waals surface area contributed by atoms with E-state index in [1.807, 2.05) is 18.2 Å². The highest BCUT2D eigenvalue weighted by Crippen LogP contribution is 2.01. The minimum atomic E-state index is -0.849. The Morgan fingerprint density at radius 3 is 2.64 bits per heavy atom. The normalized spacial score (nSPS) is 11.1. The summed E-state index contributed by atoms with van der Waals surface area (Å²) in [6.07, 6.45) is 0. The van der Waals surface area contributed by atoms with E-state index in [1.54, 1.807) is 12.1 Å². The van der Waals surface area contributed by atoms with Crippen LogP contribution in [0.3, 0.4) is 0 Å². The van der Waals surface area contributed by atoms with Crippen LogP contribution in [0.4, 0.5) is 0 Å². The largest absolute Gasteiger partial charge is 0.455 e. The number of ether oxygens (including phenoxy) is 1. The quantitative estimate of drug-likeness (QED) is 0.360. The number of hydrogen-bond acceptors (Lipinski definition) is 4. The average molecular weight is 214 g/mol. The van der Waals surface area contributed by atoms with E-state index in [4.69, 9.17) is 21.5 Å². The van der Waals surface area contributed by atoms with Crippen molar-refractivity contribution in [3.63, 3.8) is 0 Å². The number of esters is 1. The summed E-state index contributed by atoms with van der Waals surface area (Å²) >= 11 is 5.21. The first kappa shape index (κ1) is 10.5. The Balaban J connectivity index is 2.46. The summed E-state index contributed by atoms with van der Waals surface area (Å²) in [6.45, 7) is 0.103. The first-order valence-corrected chi connectivity index (χ1v) is 4.20. The van der Waals surface area contributed by atoms with Gasteiger partial charge >= 0.3 is 5.97 Å². The van der Waals surface area contributed by atoms with Gasteiger partial charge in [-0.2, -0.15) is 0 Å². The lowest BCUT2D eigenvalue weighted by molar-refractivity contribution is -0.136. The van der Waals surface area contributed by atoms with Crippen molar-refractivity contribution in [3.05, 3.63) is 35.9 Å². The van der Waals surface area contributed by atoms with Crippen LogP contribution in [0.2, 0.25) is 0 Å². The molecule has 0 aliphatic carbocycles. The highest BCUT2D eigenvalue weighted by Gasteiger charge is 2.10. The van der Waals surface area contributed by atoms with Gasteiger partial charge in [0, 0.05) is 0 Å². The van der Waals surface area contributed by atoms with Gasteiger partial charge in [0.1, 0.15) is 6.61 Å². The van der Waals surface area contributed by atoms with Gasteiger partial charge in [0.15, 0.2) is 0 Å². The number of carbonyl (C=O) groups is 1. The summed E-state index contributed by atoms with van der Waals surface area (Å²) in [6, 6.07) is 9.11. The molecule has 0 bridgehead atoms. The molecule has 0 saturated heterocycles. The van der Waals surface area contributed by atoms with Crippen molar-refractivity contribution in [2.75, 3.05) is 0 Å². The maximum atomic E-state index is 10.9. The van der Waals surface area contributed by atoms with Crippen LogP contribution < -0.4 is 0 Å². The first-order valence-electron chi connectivity index (χ1n) is 3.82. The van der Waals surface area contributed by atoms with Crippen molar-refractivity contribution < 1.29 is 14.7 Å². The summed E-state index contributed by atoms with van der Waals surface area (Å²) in [5, 5.41) is 10.1. The van der Waals surface area contributed by atoms with E-state index in [9.17, 15) is 4.79 Å². The fourth-order valence-corrected chi connectivity index (χ4v) is 0.878. The van der Waals surface area contributed by atoms with Crippen LogP contribution in [0.1, 0.15) is 5.56 Å². The highest BCUT2D eigenvalue weighted by molar-refractivity contribution is 6.81. The minimum absolute atomic E-state index is 0.103. The summed E-state index contributed by atoms with van der Waals surface area (Å²) in [7, 11) is 0. The Hall–Kier alpha value is -1.55. The van der Waals surface area contributed by atoms with Gasteiger partial charge < -0.3 is 9.94 Å². The summed E-state index contributed by atoms with van der Waals surface area (Å²) in [5.41, 5.74) is 0.836. The molecule has 0 amide bonds. The van der Waals surface area contributed by atoms with E-state index < -0.39 is 11.1 Å². The van der Waals surface area contributed by atoms with Crippen LogP contribution >= 0.6 is 11.6 Å². The third-order valence-electron chi connectivity index (χ3n) is 1.47. The molecule has 1 aromatic rings. The molecular formula is C9H8ClNO3. The number of benzene rings is 1. The first-order chi connectivity index (χ1) is 6.74. The molecule has 0 saturated carbocycles. The molecule has 0 unspecified atom stereocenters. The van der Waals surface area contributed by atoms with Crippen molar-refractivity contribution in [2.24, 2.45) is 5.16 Å². The molecule has 1 aromatic carbocycles. The second kappa shape index (κ2) is 5.24. The molecule has 14 heavy (non-hydrogen) atoms. The van der Waals surface area contributed by atoms with E-state index in [0.29, 0.717) is 0 Å². The Morgan fingerprint density at radius 2 is 2.07 bits per heavy atom. The molecule has 0 fully saturated rings. The van der Waals surface area contributed by atoms with Crippen molar-refractivity contribution in [1.29, 1.82) is 0 Å². The Kier molecular flexibility index (Phi) is 3.94. The van der Waals surface area contributed by atoms with Crippen molar-refractivity contribution in [3.8, 4) is 0 Å². The second-order valence-electron chi connectivity index (χ2n) is 2.45. The zero-order chi connectivity index (χ0) is 10.4. The smallest absolute Gasteiger partial charge is 0.372 e. The van der Waals surface area contributed by atoms with E-state index >= 15 is 0 Å². The van der Waals surface area contributed by atoms with E-state index in [1.165, 1.54) is 0 Å². The molecular weight excluding hydrogens is 206 g/mol. The van der Waals surface area contributed by atoms with Gasteiger partial charge in [-0.3, -0.25) is 0 Å². The van der Waals surface area contributed by atoms with Gasteiger partial charge in [-0.05, 0) is 5.56 Å². The molecule has 0 aliphatic heterocycles. The second-order valence-corrected chi connectivity index (χ2v) is 2.81.